The molecular formula is C26H36N2O4+2. The van der Waals surface area contributed by atoms with Crippen molar-refractivity contribution in [3.63, 3.8) is 0 Å². The molecule has 0 fully saturated rings. The summed E-state index contributed by atoms with van der Waals surface area (Å²) in [4.78, 5) is 26.8. The minimum absolute atomic E-state index is 0.164. The Morgan fingerprint density at radius 2 is 1.03 bits per heavy atom. The third kappa shape index (κ3) is 5.75. The average molecular weight is 441 g/mol. The molecule has 0 radical (unpaired) electrons. The van der Waals surface area contributed by atoms with E-state index in [1.165, 1.54) is 0 Å². The normalized spacial score (nSPS) is 13.6. The monoisotopic (exact) mass is 440 g/mol. The number of rotatable bonds is 10. The van der Waals surface area contributed by atoms with Crippen LogP contribution in [-0.2, 0) is 0 Å². The third-order valence-corrected chi connectivity index (χ3v) is 5.46. The fourth-order valence-electron chi connectivity index (χ4n) is 3.86. The van der Waals surface area contributed by atoms with Gasteiger partial charge >= 0.3 is 0 Å². The van der Waals surface area contributed by atoms with E-state index in [0.717, 1.165) is 34.9 Å². The number of benzene rings is 2. The maximum atomic E-state index is 13.6. The maximum Gasteiger partial charge on any atom is 0.201 e. The Kier molecular flexibility index (Phi) is 7.06. The highest BCUT2D eigenvalue weighted by molar-refractivity contribution is 6.30. The van der Waals surface area contributed by atoms with Crippen LogP contribution in [0.3, 0.4) is 0 Å². The topological polar surface area (TPSA) is 52.6 Å². The fraction of sp³-hybridized carbons (Fsp3) is 0.462. The summed E-state index contributed by atoms with van der Waals surface area (Å²) < 4.78 is 13.7. The van der Waals surface area contributed by atoms with Gasteiger partial charge in [0.2, 0.25) is 5.78 Å². The van der Waals surface area contributed by atoms with E-state index in [0.29, 0.717) is 47.0 Å². The summed E-state index contributed by atoms with van der Waals surface area (Å²) in [6.45, 7) is 2.89. The summed E-state index contributed by atoms with van der Waals surface area (Å²) in [7, 11) is 12.8. The van der Waals surface area contributed by atoms with Crippen molar-refractivity contribution in [1.29, 1.82) is 0 Å². The summed E-state index contributed by atoms with van der Waals surface area (Å²) in [5, 5.41) is 0. The van der Waals surface area contributed by atoms with Gasteiger partial charge in [0.05, 0.1) is 79.7 Å². The van der Waals surface area contributed by atoms with Crippen molar-refractivity contribution in [2.75, 3.05) is 68.6 Å². The van der Waals surface area contributed by atoms with Crippen molar-refractivity contribution in [2.24, 2.45) is 0 Å². The van der Waals surface area contributed by atoms with Crippen molar-refractivity contribution < 1.29 is 28.0 Å². The van der Waals surface area contributed by atoms with Crippen LogP contribution >= 0.6 is 0 Å². The summed E-state index contributed by atoms with van der Waals surface area (Å²) in [5.74, 6) is 0.558. The van der Waals surface area contributed by atoms with Crippen molar-refractivity contribution in [2.45, 2.75) is 12.8 Å². The van der Waals surface area contributed by atoms with Crippen molar-refractivity contribution in [3.05, 3.63) is 58.7 Å². The molecule has 0 N–H and O–H groups in total. The summed E-state index contributed by atoms with van der Waals surface area (Å²) in [6.07, 6.45) is 1.71. The van der Waals surface area contributed by atoms with Crippen LogP contribution in [0.15, 0.2) is 36.4 Å². The van der Waals surface area contributed by atoms with Crippen LogP contribution in [0.2, 0.25) is 0 Å². The highest BCUT2D eigenvalue weighted by atomic mass is 16.5. The molecule has 0 amide bonds. The molecule has 0 heterocycles. The van der Waals surface area contributed by atoms with Gasteiger partial charge in [-0.3, -0.25) is 9.59 Å². The highest BCUT2D eigenvalue weighted by Crippen LogP contribution is 2.37. The number of ketones is 2. The zero-order valence-corrected chi connectivity index (χ0v) is 20.2. The van der Waals surface area contributed by atoms with Gasteiger partial charge in [0, 0.05) is 24.0 Å². The van der Waals surface area contributed by atoms with Crippen LogP contribution in [0.5, 0.6) is 11.5 Å². The first-order valence-corrected chi connectivity index (χ1v) is 11.2. The summed E-state index contributed by atoms with van der Waals surface area (Å²) in [5.41, 5.74) is 1.48. The van der Waals surface area contributed by atoms with Crippen molar-refractivity contribution in [3.8, 4) is 11.5 Å². The van der Waals surface area contributed by atoms with Crippen LogP contribution in [-0.4, -0.2) is 89.1 Å². The SMILES string of the molecule is C[N+](C)(C)CCCOc1cccc2c1C(=O)c1c(OCCC[N+](C)(C)C)cccc1C2=O. The van der Waals surface area contributed by atoms with Crippen LogP contribution in [0.25, 0.3) is 0 Å². The molecule has 0 unspecified atom stereocenters. The molecule has 0 aliphatic heterocycles. The Hall–Kier alpha value is -2.70. The number of quaternary nitrogens is 2. The third-order valence-electron chi connectivity index (χ3n) is 5.46. The van der Waals surface area contributed by atoms with E-state index in [9.17, 15) is 9.59 Å². The van der Waals surface area contributed by atoms with Crippen LogP contribution in [0.1, 0.15) is 44.7 Å². The van der Waals surface area contributed by atoms with Crippen molar-refractivity contribution >= 4 is 11.6 Å². The average Bonchev–Trinajstić information content (AvgIpc) is 2.71. The van der Waals surface area contributed by atoms with Gasteiger partial charge in [-0.2, -0.15) is 0 Å². The molecule has 6 nitrogen and oxygen atoms in total. The number of carbonyl (C=O) groups is 2. The molecule has 0 aromatic heterocycles. The van der Waals surface area contributed by atoms with Gasteiger partial charge in [0.15, 0.2) is 5.78 Å². The number of fused-ring (bicyclic) bond motifs is 2. The molecule has 3 rings (SSSR count). The fourth-order valence-corrected chi connectivity index (χ4v) is 3.86. The number of ether oxygens (including phenoxy) is 2. The van der Waals surface area contributed by atoms with Crippen LogP contribution in [0, 0.1) is 0 Å². The second kappa shape index (κ2) is 9.43. The molecule has 0 atom stereocenters. The lowest BCUT2D eigenvalue weighted by atomic mass is 9.83. The van der Waals surface area contributed by atoms with Gasteiger partial charge in [-0.25, -0.2) is 0 Å². The van der Waals surface area contributed by atoms with E-state index in [2.05, 4.69) is 42.3 Å². The van der Waals surface area contributed by atoms with Gasteiger partial charge in [-0.15, -0.1) is 0 Å². The van der Waals surface area contributed by atoms with E-state index in [1.807, 2.05) is 0 Å². The molecule has 0 spiro atoms. The van der Waals surface area contributed by atoms with Crippen LogP contribution in [0.4, 0.5) is 0 Å². The number of nitrogens with zero attached hydrogens (tertiary/aromatic N) is 2. The van der Waals surface area contributed by atoms with E-state index in [4.69, 9.17) is 9.47 Å². The van der Waals surface area contributed by atoms with E-state index in [1.54, 1.807) is 36.4 Å². The molecule has 172 valence electrons. The van der Waals surface area contributed by atoms with E-state index < -0.39 is 0 Å². The van der Waals surface area contributed by atoms with Gasteiger partial charge in [-0.1, -0.05) is 24.3 Å². The Bertz CT molecular complexity index is 922. The predicted molar refractivity (Wildman–Crippen MR) is 126 cm³/mol. The zero-order chi connectivity index (χ0) is 23.5. The van der Waals surface area contributed by atoms with Gasteiger partial charge < -0.3 is 18.4 Å². The molecule has 6 heteroatoms. The second-order valence-corrected chi connectivity index (χ2v) is 10.4. The second-order valence-electron chi connectivity index (χ2n) is 10.4. The highest BCUT2D eigenvalue weighted by Gasteiger charge is 2.34. The molecule has 0 bridgehead atoms. The minimum Gasteiger partial charge on any atom is -0.493 e. The molecule has 0 saturated carbocycles. The Labute approximate surface area is 191 Å². The molecule has 2 aromatic carbocycles. The lowest BCUT2D eigenvalue weighted by molar-refractivity contribution is -0.870. The Morgan fingerprint density at radius 1 is 0.625 bits per heavy atom. The maximum absolute atomic E-state index is 13.6. The first-order valence-electron chi connectivity index (χ1n) is 11.2. The molecular weight excluding hydrogens is 404 g/mol. The predicted octanol–water partition coefficient (Wildman–Crippen LogP) is 3.41. The van der Waals surface area contributed by atoms with Gasteiger partial charge in [0.1, 0.15) is 11.5 Å². The first kappa shape index (κ1) is 24.0. The number of hydrogen-bond acceptors (Lipinski definition) is 4. The Morgan fingerprint density at radius 3 is 1.41 bits per heavy atom. The standard InChI is InChI=1S/C26H36N2O4/c1-27(2,3)15-9-17-31-21-13-7-11-19-23(21)26(30)24-20(25(19)29)12-8-14-22(24)32-18-10-16-28(4,5)6/h7-8,11-14H,9-10,15-18H2,1-6H3/q+2. The van der Waals surface area contributed by atoms with E-state index >= 15 is 0 Å². The zero-order valence-electron chi connectivity index (χ0n) is 20.2. The molecule has 1 aliphatic carbocycles. The Balaban J connectivity index is 1.83. The molecule has 32 heavy (non-hydrogen) atoms. The van der Waals surface area contributed by atoms with E-state index in [-0.39, 0.29) is 11.6 Å². The van der Waals surface area contributed by atoms with Gasteiger partial charge in [0.25, 0.3) is 0 Å². The van der Waals surface area contributed by atoms with Crippen LogP contribution < -0.4 is 9.47 Å². The van der Waals surface area contributed by atoms with Crippen molar-refractivity contribution in [1.82, 2.24) is 0 Å². The number of carbonyl (C=O) groups excluding carboxylic acids is 2. The summed E-state index contributed by atoms with van der Waals surface area (Å²) in [6, 6.07) is 10.5. The minimum atomic E-state index is -0.209. The smallest absolute Gasteiger partial charge is 0.201 e. The molecule has 1 aliphatic rings. The number of hydrogen-bond donors (Lipinski definition) is 0. The quantitative estimate of drug-likeness (QED) is 0.358. The largest absolute Gasteiger partial charge is 0.493 e. The summed E-state index contributed by atoms with van der Waals surface area (Å²) >= 11 is 0. The lowest BCUT2D eigenvalue weighted by Crippen LogP contribution is -2.36. The molecule has 2 aromatic rings. The van der Waals surface area contributed by atoms with Gasteiger partial charge in [-0.05, 0) is 12.1 Å². The lowest BCUT2D eigenvalue weighted by Gasteiger charge is -2.25. The molecule has 0 saturated heterocycles. The first-order chi connectivity index (χ1) is 15.0.